The monoisotopic (exact) mass is 327 g/mol. The summed E-state index contributed by atoms with van der Waals surface area (Å²) in [4.78, 5) is 12.3. The minimum absolute atomic E-state index is 0.117. The number of anilines is 1. The Morgan fingerprint density at radius 3 is 2.68 bits per heavy atom. The van der Waals surface area contributed by atoms with Crippen LogP contribution in [0.5, 0.6) is 5.75 Å². The maximum atomic E-state index is 12.3. The second kappa shape index (κ2) is 6.26. The van der Waals surface area contributed by atoms with Crippen LogP contribution in [0.15, 0.2) is 24.3 Å². The molecule has 122 valence electrons. The first-order valence-electron chi connectivity index (χ1n) is 7.25. The summed E-state index contributed by atoms with van der Waals surface area (Å²) in [6.07, 6.45) is 0.571. The number of methoxy groups -OCH3 is 1. The molecule has 6 nitrogen and oxygen atoms in total. The number of nitrogens with two attached hydrogens (primary N) is 1. The molecule has 1 aliphatic heterocycles. The molecule has 1 saturated heterocycles. The van der Waals surface area contributed by atoms with Crippen LogP contribution < -0.4 is 15.4 Å². The van der Waals surface area contributed by atoms with E-state index in [0.29, 0.717) is 17.9 Å². The number of para-hydroxylation sites is 2. The maximum absolute atomic E-state index is 12.3. The number of carbonyl (C=O) groups excluding carboxylic acids is 1. The minimum Gasteiger partial charge on any atom is -0.495 e. The zero-order chi connectivity index (χ0) is 16.4. The quantitative estimate of drug-likeness (QED) is 0.806. The molecule has 1 aromatic rings. The van der Waals surface area contributed by atoms with Crippen molar-refractivity contribution < 1.29 is 23.3 Å². The highest BCUT2D eigenvalue weighted by atomic mass is 32.2. The van der Waals surface area contributed by atoms with E-state index < -0.39 is 15.4 Å². The van der Waals surface area contributed by atoms with Gasteiger partial charge in [0.25, 0.3) is 5.91 Å². The molecule has 1 fully saturated rings. The number of sulfone groups is 1. The summed E-state index contributed by atoms with van der Waals surface area (Å²) in [5.74, 6) is 0.736. The van der Waals surface area contributed by atoms with Gasteiger partial charge in [-0.25, -0.2) is 8.42 Å². The Hall–Kier alpha value is -1.60. The smallest absolute Gasteiger partial charge is 0.282 e. The normalized spacial score (nSPS) is 24.7. The zero-order valence-corrected chi connectivity index (χ0v) is 13.9. The van der Waals surface area contributed by atoms with E-state index in [-0.39, 0.29) is 23.5 Å². The number of quaternary nitrogens is 1. The summed E-state index contributed by atoms with van der Waals surface area (Å²) in [5.41, 5.74) is 0.176. The second-order valence-corrected chi connectivity index (χ2v) is 8.33. The topological polar surface area (TPSA) is 89.1 Å². The Labute approximate surface area is 131 Å². The first-order valence-corrected chi connectivity index (χ1v) is 9.07. The number of ether oxygens (including phenoxy) is 1. The van der Waals surface area contributed by atoms with Gasteiger partial charge in [-0.2, -0.15) is 0 Å². The van der Waals surface area contributed by atoms with Crippen LogP contribution in [0, 0.1) is 0 Å². The van der Waals surface area contributed by atoms with Crippen LogP contribution in [0.2, 0.25) is 0 Å². The van der Waals surface area contributed by atoms with Crippen LogP contribution in [-0.2, 0) is 14.6 Å². The number of hydrogen-bond acceptors (Lipinski definition) is 4. The maximum Gasteiger partial charge on any atom is 0.282 e. The highest BCUT2D eigenvalue weighted by Gasteiger charge is 2.43. The molecule has 3 N–H and O–H groups in total. The number of hydrogen-bond donors (Lipinski definition) is 2. The van der Waals surface area contributed by atoms with Crippen molar-refractivity contribution in [3.8, 4) is 5.75 Å². The van der Waals surface area contributed by atoms with E-state index in [1.165, 1.54) is 0 Å². The standard InChI is InChI=1S/C15H22N2O4S/c1-11(17-15(2)8-9-22(19,20)10-15)14(18)16-12-6-4-5-7-13(12)21-3/h4-7,11,17H,8-10H2,1-3H3,(H,16,18)/p+1/t11-,15-/m0/s1. The molecule has 0 radical (unpaired) electrons. The lowest BCUT2D eigenvalue weighted by Gasteiger charge is -2.24. The van der Waals surface area contributed by atoms with Crippen molar-refractivity contribution in [3.63, 3.8) is 0 Å². The van der Waals surface area contributed by atoms with Crippen molar-refractivity contribution in [3.05, 3.63) is 24.3 Å². The van der Waals surface area contributed by atoms with Gasteiger partial charge in [0.1, 0.15) is 17.0 Å². The van der Waals surface area contributed by atoms with E-state index in [0.717, 1.165) is 0 Å². The highest BCUT2D eigenvalue weighted by Crippen LogP contribution is 2.23. The third kappa shape index (κ3) is 3.98. The van der Waals surface area contributed by atoms with Gasteiger partial charge in [-0.15, -0.1) is 0 Å². The molecule has 0 unspecified atom stereocenters. The van der Waals surface area contributed by atoms with Crippen molar-refractivity contribution in [2.75, 3.05) is 23.9 Å². The number of benzene rings is 1. The van der Waals surface area contributed by atoms with E-state index >= 15 is 0 Å². The van der Waals surface area contributed by atoms with Gasteiger partial charge >= 0.3 is 0 Å². The summed E-state index contributed by atoms with van der Waals surface area (Å²) in [6.45, 7) is 3.67. The Bertz CT molecular complexity index is 659. The molecule has 0 aliphatic carbocycles. The molecule has 1 aromatic carbocycles. The zero-order valence-electron chi connectivity index (χ0n) is 13.1. The first-order chi connectivity index (χ1) is 10.2. The van der Waals surface area contributed by atoms with Crippen molar-refractivity contribution in [2.24, 2.45) is 0 Å². The fraction of sp³-hybridized carbons (Fsp3) is 0.533. The van der Waals surface area contributed by atoms with Crippen molar-refractivity contribution in [1.82, 2.24) is 0 Å². The van der Waals surface area contributed by atoms with Gasteiger partial charge in [0.15, 0.2) is 15.9 Å². The molecule has 1 heterocycles. The first kappa shape index (κ1) is 16.8. The van der Waals surface area contributed by atoms with E-state index in [1.807, 2.05) is 24.4 Å². The molecule has 0 bridgehead atoms. The van der Waals surface area contributed by atoms with Crippen LogP contribution in [0.4, 0.5) is 5.69 Å². The van der Waals surface area contributed by atoms with E-state index in [4.69, 9.17) is 4.74 Å². The average Bonchev–Trinajstić information content (AvgIpc) is 2.72. The van der Waals surface area contributed by atoms with Gasteiger partial charge in [-0.3, -0.25) is 4.79 Å². The molecule has 2 atom stereocenters. The molecule has 0 aromatic heterocycles. The lowest BCUT2D eigenvalue weighted by atomic mass is 10.0. The van der Waals surface area contributed by atoms with E-state index in [9.17, 15) is 13.2 Å². The molecule has 7 heteroatoms. The van der Waals surface area contributed by atoms with Crippen molar-refractivity contribution in [2.45, 2.75) is 31.8 Å². The molecule has 1 amide bonds. The summed E-state index contributed by atoms with van der Waals surface area (Å²) in [7, 11) is -1.43. The molecule has 0 saturated carbocycles. The van der Waals surface area contributed by atoms with Gasteiger partial charge in [-0.1, -0.05) is 12.1 Å². The number of amides is 1. The SMILES string of the molecule is COc1ccccc1NC(=O)[C@H](C)[NH2+][C@@]1(C)CCS(=O)(=O)C1. The van der Waals surface area contributed by atoms with Crippen molar-refractivity contribution in [1.29, 1.82) is 0 Å². The minimum atomic E-state index is -2.98. The van der Waals surface area contributed by atoms with Gasteiger partial charge in [0.2, 0.25) is 0 Å². The molecule has 2 rings (SSSR count). The lowest BCUT2D eigenvalue weighted by molar-refractivity contribution is -0.734. The fourth-order valence-electron chi connectivity index (χ4n) is 2.84. The van der Waals surface area contributed by atoms with Gasteiger partial charge in [-0.05, 0) is 26.0 Å². The molecule has 1 aliphatic rings. The lowest BCUT2D eigenvalue weighted by Crippen LogP contribution is -3.01. The second-order valence-electron chi connectivity index (χ2n) is 6.14. The van der Waals surface area contributed by atoms with Gasteiger partial charge < -0.3 is 15.4 Å². The highest BCUT2D eigenvalue weighted by molar-refractivity contribution is 7.91. The Morgan fingerprint density at radius 1 is 1.41 bits per heavy atom. The van der Waals surface area contributed by atoms with Crippen LogP contribution in [-0.4, -0.2) is 44.5 Å². The van der Waals surface area contributed by atoms with Crippen molar-refractivity contribution >= 4 is 21.4 Å². The van der Waals surface area contributed by atoms with Gasteiger partial charge in [0, 0.05) is 6.42 Å². The summed E-state index contributed by atoms with van der Waals surface area (Å²) >= 11 is 0. The summed E-state index contributed by atoms with van der Waals surface area (Å²) < 4.78 is 28.5. The summed E-state index contributed by atoms with van der Waals surface area (Å²) in [5, 5.41) is 4.68. The van der Waals surface area contributed by atoms with Crippen LogP contribution >= 0.6 is 0 Å². The largest absolute Gasteiger partial charge is 0.495 e. The average molecular weight is 327 g/mol. The predicted octanol–water partition coefficient (Wildman–Crippen LogP) is 0.163. The molecular weight excluding hydrogens is 304 g/mol. The molecule has 0 spiro atoms. The molecular formula is C15H23N2O4S+. The number of nitrogens with one attached hydrogen (secondary N) is 1. The Morgan fingerprint density at radius 2 is 2.09 bits per heavy atom. The van der Waals surface area contributed by atoms with E-state index in [2.05, 4.69) is 5.32 Å². The van der Waals surface area contributed by atoms with Crippen LogP contribution in [0.25, 0.3) is 0 Å². The Kier molecular flexibility index (Phi) is 4.77. The third-order valence-electron chi connectivity index (χ3n) is 3.96. The third-order valence-corrected chi connectivity index (χ3v) is 5.89. The summed E-state index contributed by atoms with van der Waals surface area (Å²) in [6, 6.07) is 6.80. The van der Waals surface area contributed by atoms with Crippen LogP contribution in [0.1, 0.15) is 20.3 Å². The number of carbonyl (C=O) groups is 1. The molecule has 22 heavy (non-hydrogen) atoms. The number of rotatable bonds is 5. The van der Waals surface area contributed by atoms with E-state index in [1.54, 1.807) is 26.2 Å². The van der Waals surface area contributed by atoms with Gasteiger partial charge in [0.05, 0.1) is 18.6 Å². The predicted molar refractivity (Wildman–Crippen MR) is 84.7 cm³/mol. The Balaban J connectivity index is 2.01. The fourth-order valence-corrected chi connectivity index (χ4v) is 5.01. The van der Waals surface area contributed by atoms with Crippen LogP contribution in [0.3, 0.4) is 0 Å².